The van der Waals surface area contributed by atoms with Crippen LogP contribution in [0.2, 0.25) is 5.02 Å². The molecule has 2 aromatic rings. The molecule has 1 atom stereocenters. The van der Waals surface area contributed by atoms with E-state index in [2.05, 4.69) is 10.1 Å². The number of aromatic nitrogens is 2. The molecule has 1 aromatic carbocycles. The van der Waals surface area contributed by atoms with Crippen LogP contribution in [0.25, 0.3) is 11.5 Å². The Hall–Kier alpha value is -1.43. The summed E-state index contributed by atoms with van der Waals surface area (Å²) in [6.07, 6.45) is 0. The Morgan fingerprint density at radius 2 is 2.06 bits per heavy atom. The van der Waals surface area contributed by atoms with Gasteiger partial charge in [-0.15, -0.1) is 0 Å². The normalized spacial score (nSPS) is 14.4. The van der Waals surface area contributed by atoms with Gasteiger partial charge in [0.2, 0.25) is 0 Å². The van der Waals surface area contributed by atoms with Crippen LogP contribution in [0, 0.1) is 0 Å². The van der Waals surface area contributed by atoms with Crippen LogP contribution in [0.1, 0.15) is 12.7 Å². The minimum atomic E-state index is -0.775. The topological polar surface area (TPSA) is 74.2 Å². The lowest BCUT2D eigenvalue weighted by Gasteiger charge is -2.18. The molecule has 2 N–H and O–H groups in total. The summed E-state index contributed by atoms with van der Waals surface area (Å²) in [5.74, 6) is 0.823. The van der Waals surface area contributed by atoms with E-state index in [-0.39, 0.29) is 0 Å². The first-order valence-electron chi connectivity index (χ1n) is 5.41. The third-order valence-corrected chi connectivity index (χ3v) is 2.72. The molecule has 0 aliphatic rings. The van der Waals surface area contributed by atoms with Crippen LogP contribution in [0.3, 0.4) is 0 Å². The third kappa shape index (κ3) is 2.69. The highest BCUT2D eigenvalue weighted by Gasteiger charge is 2.27. The fourth-order valence-corrected chi connectivity index (χ4v) is 1.66. The number of nitrogens with zero attached hydrogens (tertiary/aromatic N) is 2. The van der Waals surface area contributed by atoms with E-state index in [9.17, 15) is 0 Å². The van der Waals surface area contributed by atoms with Crippen molar-refractivity contribution >= 4 is 11.6 Å². The van der Waals surface area contributed by atoms with Crippen molar-refractivity contribution in [3.8, 4) is 11.5 Å². The fraction of sp³-hybridized carbons (Fsp3) is 0.333. The predicted octanol–water partition coefficient (Wildman–Crippen LogP) is 2.21. The van der Waals surface area contributed by atoms with E-state index in [1.54, 1.807) is 26.2 Å². The molecule has 0 aliphatic carbocycles. The molecule has 1 unspecified atom stereocenters. The minimum absolute atomic E-state index is 0.312. The van der Waals surface area contributed by atoms with E-state index in [4.69, 9.17) is 26.6 Å². The van der Waals surface area contributed by atoms with Gasteiger partial charge in [-0.05, 0) is 31.2 Å². The van der Waals surface area contributed by atoms with Crippen molar-refractivity contribution in [3.63, 3.8) is 0 Å². The lowest BCUT2D eigenvalue weighted by atomic mass is 10.1. The molecule has 0 amide bonds. The van der Waals surface area contributed by atoms with Gasteiger partial charge in [-0.3, -0.25) is 0 Å². The monoisotopic (exact) mass is 267 g/mol. The van der Waals surface area contributed by atoms with Crippen LogP contribution in [0.5, 0.6) is 0 Å². The summed E-state index contributed by atoms with van der Waals surface area (Å²) in [4.78, 5) is 4.27. The van der Waals surface area contributed by atoms with E-state index in [0.29, 0.717) is 23.3 Å². The number of nitrogens with two attached hydrogens (primary N) is 1. The van der Waals surface area contributed by atoms with Gasteiger partial charge < -0.3 is 15.0 Å². The molecular weight excluding hydrogens is 254 g/mol. The lowest BCUT2D eigenvalue weighted by Crippen LogP contribution is -2.38. The van der Waals surface area contributed by atoms with Crippen LogP contribution < -0.4 is 5.73 Å². The zero-order valence-electron chi connectivity index (χ0n) is 10.2. The quantitative estimate of drug-likeness (QED) is 0.919. The summed E-state index contributed by atoms with van der Waals surface area (Å²) in [5.41, 5.74) is 6.06. The maximum absolute atomic E-state index is 6.03. The molecule has 5 nitrogen and oxygen atoms in total. The fourth-order valence-electron chi connectivity index (χ4n) is 1.53. The summed E-state index contributed by atoms with van der Waals surface area (Å²) in [6.45, 7) is 2.10. The highest BCUT2D eigenvalue weighted by Crippen LogP contribution is 2.22. The summed E-state index contributed by atoms with van der Waals surface area (Å²) in [6, 6.07) is 7.14. The molecule has 0 saturated carbocycles. The average molecular weight is 268 g/mol. The number of hydrogen-bond donors (Lipinski definition) is 1. The molecule has 1 aromatic heterocycles. The lowest BCUT2D eigenvalue weighted by molar-refractivity contribution is 0.135. The Labute approximate surface area is 110 Å². The molecule has 1 heterocycles. The van der Waals surface area contributed by atoms with Crippen molar-refractivity contribution < 1.29 is 9.26 Å². The zero-order chi connectivity index (χ0) is 13.2. The maximum Gasteiger partial charge on any atom is 0.257 e. The Bertz CT molecular complexity index is 522. The predicted molar refractivity (Wildman–Crippen MR) is 68.2 cm³/mol. The Balaban J connectivity index is 2.28. The van der Waals surface area contributed by atoms with Gasteiger partial charge in [0.25, 0.3) is 5.89 Å². The summed E-state index contributed by atoms with van der Waals surface area (Å²) >= 11 is 5.81. The summed E-state index contributed by atoms with van der Waals surface area (Å²) in [7, 11) is 1.57. The second-order valence-corrected chi connectivity index (χ2v) is 4.72. The van der Waals surface area contributed by atoms with Crippen LogP contribution in [0.4, 0.5) is 0 Å². The molecule has 0 aliphatic heterocycles. The number of ether oxygens (including phenoxy) is 1. The highest BCUT2D eigenvalue weighted by molar-refractivity contribution is 6.30. The molecule has 0 bridgehead atoms. The largest absolute Gasteiger partial charge is 0.382 e. The minimum Gasteiger partial charge on any atom is -0.382 e. The van der Waals surface area contributed by atoms with E-state index in [1.807, 2.05) is 12.1 Å². The molecule has 6 heteroatoms. The smallest absolute Gasteiger partial charge is 0.257 e. The number of hydrogen-bond acceptors (Lipinski definition) is 5. The van der Waals surface area contributed by atoms with E-state index in [0.717, 1.165) is 5.56 Å². The maximum atomic E-state index is 6.03. The number of methoxy groups -OCH3 is 1. The SMILES string of the molecule is COCC(C)(N)c1noc(-c2ccc(Cl)cc2)n1. The first-order valence-corrected chi connectivity index (χ1v) is 5.78. The van der Waals surface area contributed by atoms with E-state index >= 15 is 0 Å². The molecular formula is C12H14ClN3O2. The number of rotatable bonds is 4. The number of benzene rings is 1. The van der Waals surface area contributed by atoms with Crippen molar-refractivity contribution in [2.45, 2.75) is 12.5 Å². The van der Waals surface area contributed by atoms with Gasteiger partial charge in [0.15, 0.2) is 5.82 Å². The van der Waals surface area contributed by atoms with Crippen molar-refractivity contribution in [3.05, 3.63) is 35.1 Å². The molecule has 0 radical (unpaired) electrons. The van der Waals surface area contributed by atoms with Gasteiger partial charge in [0, 0.05) is 17.7 Å². The molecule has 0 spiro atoms. The summed E-state index contributed by atoms with van der Waals surface area (Å²) in [5, 5.41) is 4.54. The summed E-state index contributed by atoms with van der Waals surface area (Å²) < 4.78 is 10.2. The standard InChI is InChI=1S/C12H14ClN3O2/c1-12(14,7-17-2)11-15-10(18-16-11)8-3-5-9(13)6-4-8/h3-6H,7,14H2,1-2H3. The van der Waals surface area contributed by atoms with Crippen LogP contribution in [-0.2, 0) is 10.3 Å². The van der Waals surface area contributed by atoms with E-state index in [1.165, 1.54) is 0 Å². The highest BCUT2D eigenvalue weighted by atomic mass is 35.5. The van der Waals surface area contributed by atoms with E-state index < -0.39 is 5.54 Å². The van der Waals surface area contributed by atoms with Gasteiger partial charge in [-0.25, -0.2) is 0 Å². The van der Waals surface area contributed by atoms with Gasteiger partial charge >= 0.3 is 0 Å². The van der Waals surface area contributed by atoms with Crippen LogP contribution >= 0.6 is 11.6 Å². The van der Waals surface area contributed by atoms with Crippen molar-refractivity contribution in [2.24, 2.45) is 5.73 Å². The Morgan fingerprint density at radius 1 is 1.39 bits per heavy atom. The molecule has 0 fully saturated rings. The third-order valence-electron chi connectivity index (χ3n) is 2.47. The van der Waals surface area contributed by atoms with Crippen molar-refractivity contribution in [2.75, 3.05) is 13.7 Å². The number of halogens is 1. The zero-order valence-corrected chi connectivity index (χ0v) is 10.9. The molecule has 18 heavy (non-hydrogen) atoms. The van der Waals surface area contributed by atoms with Crippen molar-refractivity contribution in [1.29, 1.82) is 0 Å². The van der Waals surface area contributed by atoms with Crippen LogP contribution in [0.15, 0.2) is 28.8 Å². The van der Waals surface area contributed by atoms with Gasteiger partial charge in [0.05, 0.1) is 6.61 Å². The van der Waals surface area contributed by atoms with Crippen LogP contribution in [-0.4, -0.2) is 23.9 Å². The van der Waals surface area contributed by atoms with Gasteiger partial charge in [0.1, 0.15) is 5.54 Å². The first kappa shape index (κ1) is 13.0. The molecule has 96 valence electrons. The second-order valence-electron chi connectivity index (χ2n) is 4.28. The average Bonchev–Trinajstić information content (AvgIpc) is 2.80. The Morgan fingerprint density at radius 3 is 2.67 bits per heavy atom. The molecule has 0 saturated heterocycles. The van der Waals surface area contributed by atoms with Gasteiger partial charge in [-0.2, -0.15) is 4.98 Å². The second kappa shape index (κ2) is 5.06. The first-order chi connectivity index (χ1) is 8.53. The van der Waals surface area contributed by atoms with Crippen molar-refractivity contribution in [1.82, 2.24) is 10.1 Å². The Kier molecular flexibility index (Phi) is 3.65. The van der Waals surface area contributed by atoms with Gasteiger partial charge in [-0.1, -0.05) is 16.8 Å². The molecule has 2 rings (SSSR count).